The number of carbonyl (C=O) groups is 2. The summed E-state index contributed by atoms with van der Waals surface area (Å²) in [6.07, 6.45) is -3.84. The Labute approximate surface area is 144 Å². The lowest BCUT2D eigenvalue weighted by Gasteiger charge is -2.22. The summed E-state index contributed by atoms with van der Waals surface area (Å²) in [6, 6.07) is 4.45. The highest BCUT2D eigenvalue weighted by atomic mass is 19.4. The molecule has 1 fully saturated rings. The Balaban J connectivity index is 2.00. The minimum atomic E-state index is -4.48. The lowest BCUT2D eigenvalue weighted by Crippen LogP contribution is -2.37. The van der Waals surface area contributed by atoms with Crippen molar-refractivity contribution in [2.24, 2.45) is 0 Å². The maximum Gasteiger partial charge on any atom is 0.416 e. The Kier molecular flexibility index (Phi) is 6.41. The van der Waals surface area contributed by atoms with Crippen molar-refractivity contribution >= 4 is 11.9 Å². The lowest BCUT2D eigenvalue weighted by atomic mass is 10.1. The van der Waals surface area contributed by atoms with E-state index in [0.29, 0.717) is 39.2 Å². The van der Waals surface area contributed by atoms with Crippen LogP contribution in [0.4, 0.5) is 13.2 Å². The number of ether oxygens (including phenoxy) is 1. The Morgan fingerprint density at radius 2 is 1.92 bits per heavy atom. The molecule has 0 radical (unpaired) electrons. The number of carbonyl (C=O) groups excluding carboxylic acids is 2. The number of rotatable bonds is 4. The molecule has 0 N–H and O–H groups in total. The van der Waals surface area contributed by atoms with Crippen molar-refractivity contribution in [2.75, 3.05) is 39.3 Å². The van der Waals surface area contributed by atoms with E-state index in [4.69, 9.17) is 4.74 Å². The summed E-state index contributed by atoms with van der Waals surface area (Å²) in [7, 11) is 0. The summed E-state index contributed by atoms with van der Waals surface area (Å²) in [6.45, 7) is 4.10. The average molecular weight is 358 g/mol. The first-order chi connectivity index (χ1) is 11.8. The molecule has 1 amide bonds. The molecule has 1 aliphatic rings. The van der Waals surface area contributed by atoms with Crippen LogP contribution in [0.25, 0.3) is 0 Å². The second-order valence-electron chi connectivity index (χ2n) is 5.81. The van der Waals surface area contributed by atoms with Crippen molar-refractivity contribution in [2.45, 2.75) is 19.5 Å². The van der Waals surface area contributed by atoms with Gasteiger partial charge in [0.2, 0.25) is 0 Å². The van der Waals surface area contributed by atoms with Crippen molar-refractivity contribution < 1.29 is 27.5 Å². The first-order valence-electron chi connectivity index (χ1n) is 8.15. The molecule has 0 bridgehead atoms. The second kappa shape index (κ2) is 8.33. The topological polar surface area (TPSA) is 49.9 Å². The number of halogens is 3. The van der Waals surface area contributed by atoms with Crippen molar-refractivity contribution in [3.8, 4) is 0 Å². The van der Waals surface area contributed by atoms with Gasteiger partial charge in [0.15, 0.2) is 0 Å². The number of hydrogen-bond donors (Lipinski definition) is 0. The third-order valence-corrected chi connectivity index (χ3v) is 3.97. The minimum Gasteiger partial charge on any atom is -0.465 e. The summed E-state index contributed by atoms with van der Waals surface area (Å²) in [5.74, 6) is -0.746. The molecule has 0 unspecified atom stereocenters. The summed E-state index contributed by atoms with van der Waals surface area (Å²) < 4.78 is 43.3. The van der Waals surface area contributed by atoms with Crippen molar-refractivity contribution in [3.63, 3.8) is 0 Å². The van der Waals surface area contributed by atoms with Gasteiger partial charge in [0.25, 0.3) is 5.91 Å². The van der Waals surface area contributed by atoms with Crippen LogP contribution in [0.15, 0.2) is 24.3 Å². The molecule has 1 aliphatic heterocycles. The number of esters is 1. The van der Waals surface area contributed by atoms with E-state index in [2.05, 4.69) is 0 Å². The molecule has 0 atom stereocenters. The number of alkyl halides is 3. The van der Waals surface area contributed by atoms with Crippen molar-refractivity contribution in [1.29, 1.82) is 0 Å². The van der Waals surface area contributed by atoms with Crippen molar-refractivity contribution in [1.82, 2.24) is 9.80 Å². The average Bonchev–Trinajstić information content (AvgIpc) is 2.79. The van der Waals surface area contributed by atoms with E-state index in [1.165, 1.54) is 17.0 Å². The van der Waals surface area contributed by atoms with E-state index >= 15 is 0 Å². The molecular formula is C17H21F3N2O3. The zero-order chi connectivity index (χ0) is 18.4. The summed E-state index contributed by atoms with van der Waals surface area (Å²) in [4.78, 5) is 27.5. The van der Waals surface area contributed by atoms with E-state index in [0.717, 1.165) is 12.1 Å². The van der Waals surface area contributed by atoms with Gasteiger partial charge in [-0.25, -0.2) is 0 Å². The van der Waals surface area contributed by atoms with Gasteiger partial charge in [-0.2, -0.15) is 13.2 Å². The lowest BCUT2D eigenvalue weighted by molar-refractivity contribution is -0.144. The Hall–Kier alpha value is -2.09. The SMILES string of the molecule is CCOC(=O)CN1CCCN(C(=O)c2cccc(C(F)(F)F)c2)CC1. The van der Waals surface area contributed by atoms with Gasteiger partial charge in [-0.05, 0) is 31.5 Å². The fourth-order valence-electron chi connectivity index (χ4n) is 2.73. The Bertz CT molecular complexity index is 619. The first-order valence-corrected chi connectivity index (χ1v) is 8.15. The van der Waals surface area contributed by atoms with Gasteiger partial charge in [-0.3, -0.25) is 14.5 Å². The predicted molar refractivity (Wildman–Crippen MR) is 85.0 cm³/mol. The van der Waals surface area contributed by atoms with E-state index in [-0.39, 0.29) is 18.1 Å². The fourth-order valence-corrected chi connectivity index (χ4v) is 2.73. The molecule has 0 aromatic heterocycles. The zero-order valence-electron chi connectivity index (χ0n) is 14.0. The molecule has 0 saturated carbocycles. The van der Waals surface area contributed by atoms with Crippen LogP contribution in [-0.4, -0.2) is 61.0 Å². The summed E-state index contributed by atoms with van der Waals surface area (Å²) in [5, 5.41) is 0. The maximum atomic E-state index is 12.8. The molecule has 2 rings (SSSR count). The van der Waals surface area contributed by atoms with Crippen LogP contribution in [0.2, 0.25) is 0 Å². The number of amides is 1. The fraction of sp³-hybridized carbons (Fsp3) is 0.529. The van der Waals surface area contributed by atoms with Crippen LogP contribution < -0.4 is 0 Å². The summed E-state index contributed by atoms with van der Waals surface area (Å²) in [5.41, 5.74) is -0.814. The van der Waals surface area contributed by atoms with E-state index in [1.807, 2.05) is 4.90 Å². The second-order valence-corrected chi connectivity index (χ2v) is 5.81. The molecule has 8 heteroatoms. The quantitative estimate of drug-likeness (QED) is 0.776. The van der Waals surface area contributed by atoms with Gasteiger partial charge < -0.3 is 9.64 Å². The molecule has 25 heavy (non-hydrogen) atoms. The number of hydrogen-bond acceptors (Lipinski definition) is 4. The van der Waals surface area contributed by atoms with Crippen LogP contribution in [0, 0.1) is 0 Å². The zero-order valence-corrected chi connectivity index (χ0v) is 14.0. The Morgan fingerprint density at radius 3 is 2.60 bits per heavy atom. The molecule has 0 aliphatic carbocycles. The highest BCUT2D eigenvalue weighted by Crippen LogP contribution is 2.29. The van der Waals surface area contributed by atoms with Crippen LogP contribution in [0.1, 0.15) is 29.3 Å². The van der Waals surface area contributed by atoms with Gasteiger partial charge in [0.1, 0.15) is 0 Å². The van der Waals surface area contributed by atoms with Crippen molar-refractivity contribution in [3.05, 3.63) is 35.4 Å². The van der Waals surface area contributed by atoms with Gasteiger partial charge in [-0.15, -0.1) is 0 Å². The van der Waals surface area contributed by atoms with Gasteiger partial charge in [0.05, 0.1) is 18.7 Å². The Morgan fingerprint density at radius 1 is 1.16 bits per heavy atom. The standard InChI is InChI=1S/C17H21F3N2O3/c1-2-25-15(23)12-21-7-4-8-22(10-9-21)16(24)13-5-3-6-14(11-13)17(18,19)20/h3,5-6,11H,2,4,7-10,12H2,1H3. The minimum absolute atomic E-state index is 0.0219. The third-order valence-electron chi connectivity index (χ3n) is 3.97. The number of nitrogens with zero attached hydrogens (tertiary/aromatic N) is 2. The monoisotopic (exact) mass is 358 g/mol. The maximum absolute atomic E-state index is 12.8. The smallest absolute Gasteiger partial charge is 0.416 e. The van der Waals surface area contributed by atoms with Crippen LogP contribution in [0.3, 0.4) is 0 Å². The summed E-state index contributed by atoms with van der Waals surface area (Å²) >= 11 is 0. The third kappa shape index (κ3) is 5.45. The molecule has 1 aromatic rings. The largest absolute Gasteiger partial charge is 0.465 e. The van der Waals surface area contributed by atoms with E-state index in [1.54, 1.807) is 6.92 Å². The van der Waals surface area contributed by atoms with E-state index in [9.17, 15) is 22.8 Å². The molecule has 138 valence electrons. The highest BCUT2D eigenvalue weighted by Gasteiger charge is 2.31. The van der Waals surface area contributed by atoms with Gasteiger partial charge >= 0.3 is 12.1 Å². The normalized spacial score (nSPS) is 16.4. The number of benzene rings is 1. The molecule has 0 spiro atoms. The molecule has 1 saturated heterocycles. The van der Waals surface area contributed by atoms with Gasteiger partial charge in [-0.1, -0.05) is 6.07 Å². The molecule has 5 nitrogen and oxygen atoms in total. The molecular weight excluding hydrogens is 337 g/mol. The highest BCUT2D eigenvalue weighted by molar-refractivity contribution is 5.94. The van der Waals surface area contributed by atoms with E-state index < -0.39 is 17.6 Å². The van der Waals surface area contributed by atoms with Crippen LogP contribution in [0.5, 0.6) is 0 Å². The van der Waals surface area contributed by atoms with Crippen LogP contribution in [-0.2, 0) is 15.7 Å². The van der Waals surface area contributed by atoms with Gasteiger partial charge in [0, 0.05) is 31.7 Å². The predicted octanol–water partition coefficient (Wildman–Crippen LogP) is 2.42. The molecule has 1 aromatic carbocycles. The molecule has 1 heterocycles. The first kappa shape index (κ1) is 19.2. The van der Waals surface area contributed by atoms with Crippen LogP contribution >= 0.6 is 0 Å².